The van der Waals surface area contributed by atoms with Gasteiger partial charge in [-0.05, 0) is 34.1 Å². The van der Waals surface area contributed by atoms with E-state index >= 15 is 0 Å². The van der Waals surface area contributed by atoms with Crippen LogP contribution in [0.1, 0.15) is 0 Å². The minimum atomic E-state index is -0.489. The maximum atomic E-state index is 13.3. The Balaban J connectivity index is 2.35. The van der Waals surface area contributed by atoms with Crippen molar-refractivity contribution in [3.8, 4) is 0 Å². The zero-order valence-electron chi connectivity index (χ0n) is 8.32. The van der Waals surface area contributed by atoms with Crippen LogP contribution in [-0.4, -0.2) is 25.3 Å². The minimum absolute atomic E-state index is 0.229. The molecule has 1 amide bonds. The van der Waals surface area contributed by atoms with Crippen LogP contribution in [0.15, 0.2) is 22.7 Å². The molecular weight excluding hydrogens is 279 g/mol. The molecule has 1 aromatic carbocycles. The average Bonchev–Trinajstić information content (AvgIpc) is 2.64. The van der Waals surface area contributed by atoms with Crippen molar-refractivity contribution in [1.29, 1.82) is 0 Å². The maximum Gasteiger partial charge on any atom is 0.414 e. The zero-order valence-corrected chi connectivity index (χ0v) is 9.91. The van der Waals surface area contributed by atoms with Gasteiger partial charge in [0.15, 0.2) is 0 Å². The SMILES string of the molecule is NC[C@@H]1COC(=O)N1c1ccc(Br)c(F)c1. The van der Waals surface area contributed by atoms with E-state index in [1.807, 2.05) is 0 Å². The number of cyclic esters (lactones) is 1. The normalized spacial score (nSPS) is 20.1. The smallest absolute Gasteiger partial charge is 0.414 e. The summed E-state index contributed by atoms with van der Waals surface area (Å²) in [7, 11) is 0. The summed E-state index contributed by atoms with van der Waals surface area (Å²) in [6.45, 7) is 0.524. The van der Waals surface area contributed by atoms with Crippen LogP contribution in [-0.2, 0) is 4.74 Å². The molecule has 16 heavy (non-hydrogen) atoms. The number of benzene rings is 1. The van der Waals surface area contributed by atoms with Gasteiger partial charge in [0.05, 0.1) is 16.2 Å². The van der Waals surface area contributed by atoms with Gasteiger partial charge in [-0.3, -0.25) is 4.90 Å². The predicted octanol–water partition coefficient (Wildman–Crippen LogP) is 1.87. The van der Waals surface area contributed by atoms with Crippen molar-refractivity contribution in [2.24, 2.45) is 5.73 Å². The lowest BCUT2D eigenvalue weighted by molar-refractivity contribution is 0.179. The summed E-state index contributed by atoms with van der Waals surface area (Å²) in [5.74, 6) is -0.423. The topological polar surface area (TPSA) is 55.6 Å². The van der Waals surface area contributed by atoms with Crippen LogP contribution in [0.3, 0.4) is 0 Å². The second-order valence-electron chi connectivity index (χ2n) is 3.43. The highest BCUT2D eigenvalue weighted by Gasteiger charge is 2.33. The van der Waals surface area contributed by atoms with Crippen LogP contribution in [0.2, 0.25) is 0 Å². The fourth-order valence-electron chi connectivity index (χ4n) is 1.59. The number of anilines is 1. The molecule has 0 aromatic heterocycles. The number of carbonyl (C=O) groups is 1. The lowest BCUT2D eigenvalue weighted by Gasteiger charge is -2.20. The van der Waals surface area contributed by atoms with Crippen molar-refractivity contribution in [2.45, 2.75) is 6.04 Å². The summed E-state index contributed by atoms with van der Waals surface area (Å²) < 4.78 is 18.6. The molecule has 0 aliphatic carbocycles. The van der Waals surface area contributed by atoms with Crippen molar-refractivity contribution in [1.82, 2.24) is 0 Å². The Morgan fingerprint density at radius 1 is 1.62 bits per heavy atom. The highest BCUT2D eigenvalue weighted by atomic mass is 79.9. The van der Waals surface area contributed by atoms with Crippen LogP contribution in [0.5, 0.6) is 0 Å². The van der Waals surface area contributed by atoms with Gasteiger partial charge in [0.2, 0.25) is 0 Å². The molecular formula is C10H10BrFN2O2. The molecule has 1 atom stereocenters. The summed E-state index contributed by atoms with van der Waals surface area (Å²) in [5.41, 5.74) is 5.97. The molecule has 0 radical (unpaired) electrons. The van der Waals surface area contributed by atoms with Gasteiger partial charge < -0.3 is 10.5 Å². The summed E-state index contributed by atoms with van der Waals surface area (Å²) in [6, 6.07) is 4.24. The number of halogens is 2. The van der Waals surface area contributed by atoms with Gasteiger partial charge in [-0.2, -0.15) is 0 Å². The first-order chi connectivity index (χ1) is 7.63. The van der Waals surface area contributed by atoms with Crippen molar-refractivity contribution >= 4 is 27.7 Å². The van der Waals surface area contributed by atoms with Gasteiger partial charge in [-0.25, -0.2) is 9.18 Å². The summed E-state index contributed by atoms with van der Waals surface area (Å²) in [5, 5.41) is 0. The Labute approximate surface area is 100 Å². The Hall–Kier alpha value is -1.14. The third-order valence-electron chi connectivity index (χ3n) is 2.41. The molecule has 6 heteroatoms. The van der Waals surface area contributed by atoms with Gasteiger partial charge in [-0.15, -0.1) is 0 Å². The minimum Gasteiger partial charge on any atom is -0.447 e. The molecule has 1 fully saturated rings. The molecule has 1 heterocycles. The van der Waals surface area contributed by atoms with E-state index < -0.39 is 11.9 Å². The van der Waals surface area contributed by atoms with Gasteiger partial charge in [-0.1, -0.05) is 0 Å². The van der Waals surface area contributed by atoms with Crippen LogP contribution in [0, 0.1) is 5.82 Å². The zero-order chi connectivity index (χ0) is 11.7. The summed E-state index contributed by atoms with van der Waals surface area (Å²) in [4.78, 5) is 12.8. The first kappa shape index (κ1) is 11.3. The van der Waals surface area contributed by atoms with E-state index in [-0.39, 0.29) is 19.2 Å². The molecule has 1 aliphatic heterocycles. The first-order valence-electron chi connectivity index (χ1n) is 4.74. The largest absolute Gasteiger partial charge is 0.447 e. The molecule has 86 valence electrons. The van der Waals surface area contributed by atoms with Crippen LogP contribution in [0.25, 0.3) is 0 Å². The Kier molecular flexibility index (Phi) is 3.11. The lowest BCUT2D eigenvalue weighted by atomic mass is 10.2. The number of nitrogens with two attached hydrogens (primary N) is 1. The third-order valence-corrected chi connectivity index (χ3v) is 3.06. The monoisotopic (exact) mass is 288 g/mol. The van der Waals surface area contributed by atoms with Crippen LogP contribution >= 0.6 is 15.9 Å². The van der Waals surface area contributed by atoms with Crippen molar-refractivity contribution in [3.05, 3.63) is 28.5 Å². The summed E-state index contributed by atoms with van der Waals surface area (Å²) >= 11 is 3.05. The van der Waals surface area contributed by atoms with E-state index in [4.69, 9.17) is 10.5 Å². The van der Waals surface area contributed by atoms with Gasteiger partial charge in [0, 0.05) is 6.54 Å². The quantitative estimate of drug-likeness (QED) is 0.904. The average molecular weight is 289 g/mol. The van der Waals surface area contributed by atoms with E-state index in [0.717, 1.165) is 0 Å². The van der Waals surface area contributed by atoms with Gasteiger partial charge >= 0.3 is 6.09 Å². The standard InChI is InChI=1S/C10H10BrFN2O2/c11-8-2-1-6(3-9(8)12)14-7(4-13)5-16-10(14)15/h1-3,7H,4-5,13H2/t7-/m1/s1. The maximum absolute atomic E-state index is 13.3. The molecule has 0 saturated carbocycles. The number of ether oxygens (including phenoxy) is 1. The Morgan fingerprint density at radius 3 is 3.00 bits per heavy atom. The number of rotatable bonds is 2. The predicted molar refractivity (Wildman–Crippen MR) is 60.8 cm³/mol. The van der Waals surface area contributed by atoms with E-state index in [0.29, 0.717) is 10.2 Å². The van der Waals surface area contributed by atoms with Crippen LogP contribution in [0.4, 0.5) is 14.9 Å². The molecule has 4 nitrogen and oxygen atoms in total. The van der Waals surface area contributed by atoms with E-state index in [2.05, 4.69) is 15.9 Å². The van der Waals surface area contributed by atoms with Crippen LogP contribution < -0.4 is 10.6 Å². The molecule has 0 spiro atoms. The Bertz CT molecular complexity index is 427. The fraction of sp³-hybridized carbons (Fsp3) is 0.300. The number of hydrogen-bond acceptors (Lipinski definition) is 3. The van der Waals surface area contributed by atoms with Gasteiger partial charge in [0.25, 0.3) is 0 Å². The Morgan fingerprint density at radius 2 is 2.38 bits per heavy atom. The number of hydrogen-bond donors (Lipinski definition) is 1. The number of carbonyl (C=O) groups excluding carboxylic acids is 1. The molecule has 1 saturated heterocycles. The van der Waals surface area contributed by atoms with Gasteiger partial charge in [0.1, 0.15) is 12.4 Å². The summed E-state index contributed by atoms with van der Waals surface area (Å²) in [6.07, 6.45) is -0.489. The van der Waals surface area contributed by atoms with E-state index in [1.54, 1.807) is 12.1 Å². The molecule has 0 bridgehead atoms. The highest BCUT2D eigenvalue weighted by Crippen LogP contribution is 2.26. The number of amides is 1. The highest BCUT2D eigenvalue weighted by molar-refractivity contribution is 9.10. The van der Waals surface area contributed by atoms with E-state index in [9.17, 15) is 9.18 Å². The van der Waals surface area contributed by atoms with Crippen molar-refractivity contribution in [3.63, 3.8) is 0 Å². The molecule has 1 aliphatic rings. The van der Waals surface area contributed by atoms with Crippen molar-refractivity contribution < 1.29 is 13.9 Å². The molecule has 0 unspecified atom stereocenters. The fourth-order valence-corrected chi connectivity index (χ4v) is 1.83. The molecule has 2 N–H and O–H groups in total. The first-order valence-corrected chi connectivity index (χ1v) is 5.54. The second kappa shape index (κ2) is 4.39. The second-order valence-corrected chi connectivity index (χ2v) is 4.29. The van der Waals surface area contributed by atoms with Crippen molar-refractivity contribution in [2.75, 3.05) is 18.1 Å². The lowest BCUT2D eigenvalue weighted by Crippen LogP contribution is -2.38. The molecule has 1 aromatic rings. The molecule has 2 rings (SSSR count). The van der Waals surface area contributed by atoms with E-state index in [1.165, 1.54) is 11.0 Å². The third kappa shape index (κ3) is 1.90. The number of nitrogens with zero attached hydrogens (tertiary/aromatic N) is 1.